The molecule has 0 radical (unpaired) electrons. The van der Waals surface area contributed by atoms with Gasteiger partial charge in [-0.2, -0.15) is 13.2 Å². The Labute approximate surface area is 145 Å². The van der Waals surface area contributed by atoms with Crippen LogP contribution in [0.1, 0.15) is 44.1 Å². The lowest BCUT2D eigenvalue weighted by Crippen LogP contribution is -2.39. The van der Waals surface area contributed by atoms with E-state index in [9.17, 15) is 27.0 Å². The number of rotatable bonds is 5. The van der Waals surface area contributed by atoms with E-state index in [2.05, 4.69) is 22.2 Å². The molecule has 1 saturated carbocycles. The first-order valence-electron chi connectivity index (χ1n) is 7.95. The third kappa shape index (κ3) is 6.26. The summed E-state index contributed by atoms with van der Waals surface area (Å²) in [5.74, 6) is -0.893. The Balaban J connectivity index is 1.90. The van der Waals surface area contributed by atoms with Crippen LogP contribution < -0.4 is 10.9 Å². The number of nitrogens with zero attached hydrogens (tertiary/aromatic N) is 1. The molecule has 0 bridgehead atoms. The molecule has 1 amide bonds. The van der Waals surface area contributed by atoms with E-state index in [4.69, 9.17) is 0 Å². The van der Waals surface area contributed by atoms with Crippen LogP contribution >= 0.6 is 0 Å². The molecule has 1 aliphatic carbocycles. The van der Waals surface area contributed by atoms with Crippen LogP contribution in [0, 0.1) is 5.92 Å². The van der Waals surface area contributed by atoms with Crippen molar-refractivity contribution in [2.24, 2.45) is 5.92 Å². The number of hydrogen-bond donors (Lipinski definition) is 2. The van der Waals surface area contributed by atoms with Gasteiger partial charge in [-0.15, -0.1) is 0 Å². The molecular weight excluding hydrogens is 359 g/mol. The molecule has 10 heteroatoms. The zero-order valence-corrected chi connectivity index (χ0v) is 14.5. The maximum absolute atomic E-state index is 12.6. The van der Waals surface area contributed by atoms with Crippen molar-refractivity contribution >= 4 is 16.7 Å². The summed E-state index contributed by atoms with van der Waals surface area (Å²) in [5, 5.41) is 2.80. The molecule has 6 nitrogen and oxygen atoms in total. The minimum absolute atomic E-state index is 0.0483. The summed E-state index contributed by atoms with van der Waals surface area (Å²) in [6, 6.07) is 0.385. The first-order chi connectivity index (χ1) is 11.6. The molecule has 25 heavy (non-hydrogen) atoms. The normalized spacial score (nSPS) is 22.4. The van der Waals surface area contributed by atoms with Crippen molar-refractivity contribution in [1.82, 2.24) is 15.3 Å². The summed E-state index contributed by atoms with van der Waals surface area (Å²) in [6.45, 7) is 2.15. The Morgan fingerprint density at radius 3 is 2.60 bits per heavy atom. The van der Waals surface area contributed by atoms with E-state index in [1.165, 1.54) is 0 Å². The standard InChI is InChI=1S/C15H20F3N3O3S/c1-9-2-4-10(5-3-9)19-14(23)8-25(24)7-12-20-11(15(16,17)18)6-13(22)21-12/h6,9-10H,2-5,7-8H2,1H3,(H,19,23)(H,20,21,22)/t9?,10?,25-/m0/s1. The third-order valence-electron chi connectivity index (χ3n) is 4.05. The van der Waals surface area contributed by atoms with Crippen molar-refractivity contribution in [3.63, 3.8) is 0 Å². The maximum Gasteiger partial charge on any atom is 0.433 e. The highest BCUT2D eigenvalue weighted by Gasteiger charge is 2.33. The van der Waals surface area contributed by atoms with Gasteiger partial charge in [0.05, 0.1) is 5.75 Å². The molecule has 2 N–H and O–H groups in total. The summed E-state index contributed by atoms with van der Waals surface area (Å²) >= 11 is 0. The lowest BCUT2D eigenvalue weighted by Gasteiger charge is -2.26. The molecule has 1 aromatic heterocycles. The Bertz CT molecular complexity index is 697. The number of nitrogens with one attached hydrogen (secondary N) is 2. The summed E-state index contributed by atoms with van der Waals surface area (Å²) in [6.07, 6.45) is -1.00. The van der Waals surface area contributed by atoms with E-state index >= 15 is 0 Å². The smallest absolute Gasteiger partial charge is 0.353 e. The Hall–Kier alpha value is -1.71. The Morgan fingerprint density at radius 1 is 1.36 bits per heavy atom. The van der Waals surface area contributed by atoms with Crippen LogP contribution in [0.3, 0.4) is 0 Å². The lowest BCUT2D eigenvalue weighted by atomic mass is 9.87. The molecule has 0 spiro atoms. The number of aromatic nitrogens is 2. The van der Waals surface area contributed by atoms with Crippen LogP contribution in [0.2, 0.25) is 0 Å². The molecule has 1 fully saturated rings. The van der Waals surface area contributed by atoms with Gasteiger partial charge in [-0.05, 0) is 31.6 Å². The van der Waals surface area contributed by atoms with Gasteiger partial charge >= 0.3 is 6.18 Å². The van der Waals surface area contributed by atoms with Crippen molar-refractivity contribution in [3.8, 4) is 0 Å². The minimum Gasteiger partial charge on any atom is -0.353 e. The van der Waals surface area contributed by atoms with E-state index in [0.29, 0.717) is 12.0 Å². The number of amides is 1. The zero-order valence-electron chi connectivity index (χ0n) is 13.7. The van der Waals surface area contributed by atoms with Gasteiger partial charge < -0.3 is 10.3 Å². The quantitative estimate of drug-likeness (QED) is 0.815. The second-order valence-electron chi connectivity index (χ2n) is 6.33. The van der Waals surface area contributed by atoms with Crippen molar-refractivity contribution in [1.29, 1.82) is 0 Å². The molecule has 0 aliphatic heterocycles. The minimum atomic E-state index is -4.76. The number of hydrogen-bond acceptors (Lipinski definition) is 4. The second kappa shape index (κ2) is 8.11. The highest BCUT2D eigenvalue weighted by Crippen LogP contribution is 2.26. The average molecular weight is 379 g/mol. The largest absolute Gasteiger partial charge is 0.433 e. The van der Waals surface area contributed by atoms with Crippen molar-refractivity contribution in [3.05, 3.63) is 27.9 Å². The molecule has 1 aliphatic rings. The fourth-order valence-corrected chi connectivity index (χ4v) is 3.66. The number of alkyl halides is 3. The van der Waals surface area contributed by atoms with Gasteiger partial charge in [0.2, 0.25) is 5.91 Å². The molecule has 0 saturated heterocycles. The van der Waals surface area contributed by atoms with Crippen LogP contribution in [0.5, 0.6) is 0 Å². The predicted octanol–water partition coefficient (Wildman–Crippen LogP) is 1.73. The Kier molecular flexibility index (Phi) is 6.36. The fourth-order valence-electron chi connectivity index (χ4n) is 2.75. The van der Waals surface area contributed by atoms with Crippen molar-refractivity contribution < 1.29 is 22.2 Å². The molecule has 2 rings (SSSR count). The van der Waals surface area contributed by atoms with Crippen LogP contribution in [0.25, 0.3) is 0 Å². The molecule has 140 valence electrons. The maximum atomic E-state index is 12.6. The van der Waals surface area contributed by atoms with Gasteiger partial charge in [0.25, 0.3) is 5.56 Å². The summed E-state index contributed by atoms with van der Waals surface area (Å²) in [4.78, 5) is 28.6. The number of carbonyl (C=O) groups is 1. The monoisotopic (exact) mass is 379 g/mol. The number of H-pyrrole nitrogens is 1. The van der Waals surface area contributed by atoms with Gasteiger partial charge in [-0.1, -0.05) is 6.92 Å². The molecule has 1 atom stereocenters. The first kappa shape index (κ1) is 19.6. The molecule has 0 aromatic carbocycles. The van der Waals surface area contributed by atoms with Gasteiger partial charge in [-0.3, -0.25) is 13.8 Å². The van der Waals surface area contributed by atoms with Gasteiger partial charge in [0, 0.05) is 22.9 Å². The van der Waals surface area contributed by atoms with Crippen LogP contribution in [0.15, 0.2) is 10.9 Å². The predicted molar refractivity (Wildman–Crippen MR) is 86.1 cm³/mol. The van der Waals surface area contributed by atoms with E-state index < -0.39 is 39.9 Å². The van der Waals surface area contributed by atoms with Gasteiger partial charge in [0.1, 0.15) is 11.6 Å². The number of carbonyl (C=O) groups excluding carboxylic acids is 1. The van der Waals surface area contributed by atoms with Crippen LogP contribution in [-0.4, -0.2) is 31.9 Å². The van der Waals surface area contributed by atoms with Gasteiger partial charge in [0.15, 0.2) is 5.69 Å². The summed E-state index contributed by atoms with van der Waals surface area (Å²) in [7, 11) is -1.77. The topological polar surface area (TPSA) is 91.9 Å². The zero-order chi connectivity index (χ0) is 18.6. The molecule has 1 aromatic rings. The fraction of sp³-hybridized carbons (Fsp3) is 0.667. The highest BCUT2D eigenvalue weighted by molar-refractivity contribution is 7.84. The van der Waals surface area contributed by atoms with E-state index in [0.717, 1.165) is 25.7 Å². The Morgan fingerprint density at radius 2 is 2.00 bits per heavy atom. The number of halogens is 3. The van der Waals surface area contributed by atoms with E-state index in [1.54, 1.807) is 0 Å². The molecular formula is C15H20F3N3O3S. The lowest BCUT2D eigenvalue weighted by molar-refractivity contribution is -0.141. The first-order valence-corrected chi connectivity index (χ1v) is 9.44. The molecule has 0 unspecified atom stereocenters. The van der Waals surface area contributed by atoms with Crippen molar-refractivity contribution in [2.45, 2.75) is 50.6 Å². The van der Waals surface area contributed by atoms with E-state index in [1.807, 2.05) is 0 Å². The SMILES string of the molecule is CC1CCC(NC(=O)C[S@@](=O)Cc2nc(C(F)(F)F)cc(=O)[nH]2)CC1. The van der Waals surface area contributed by atoms with Crippen LogP contribution in [-0.2, 0) is 27.5 Å². The van der Waals surface area contributed by atoms with Crippen LogP contribution in [0.4, 0.5) is 13.2 Å². The van der Waals surface area contributed by atoms with E-state index in [-0.39, 0.29) is 17.6 Å². The summed E-state index contributed by atoms with van der Waals surface area (Å²) < 4.78 is 49.9. The third-order valence-corrected chi connectivity index (χ3v) is 5.23. The van der Waals surface area contributed by atoms with Gasteiger partial charge in [-0.25, -0.2) is 4.98 Å². The summed E-state index contributed by atoms with van der Waals surface area (Å²) in [5.41, 5.74) is -2.32. The average Bonchev–Trinajstić information content (AvgIpc) is 2.47. The number of aromatic amines is 1. The van der Waals surface area contributed by atoms with Crippen molar-refractivity contribution in [2.75, 3.05) is 5.75 Å². The second-order valence-corrected chi connectivity index (χ2v) is 7.78. The highest BCUT2D eigenvalue weighted by atomic mass is 32.2. The molecule has 1 heterocycles.